The second kappa shape index (κ2) is 13.2. The van der Waals surface area contributed by atoms with Gasteiger partial charge in [-0.2, -0.15) is 0 Å². The molecule has 5 rings (SSSR count). The third-order valence-corrected chi connectivity index (χ3v) is 7.90. The molecule has 0 saturated carbocycles. The molecule has 0 radical (unpaired) electrons. The molecule has 42 heavy (non-hydrogen) atoms. The van der Waals surface area contributed by atoms with Gasteiger partial charge in [-0.3, -0.25) is 14.2 Å². The van der Waals surface area contributed by atoms with E-state index in [1.165, 1.54) is 11.3 Å². The Morgan fingerprint density at radius 2 is 1.81 bits per heavy atom. The van der Waals surface area contributed by atoms with Crippen LogP contribution in [0, 0.1) is 0 Å². The van der Waals surface area contributed by atoms with Crippen molar-refractivity contribution in [3.05, 3.63) is 90.6 Å². The maximum atomic E-state index is 13.8. The molecule has 2 aliphatic rings. The SMILES string of the molecule is CCOC(=O)C1=C(C)N=c2s/c(=C/c3ccc(OCC(=O)N4CCOCC4)c(OCC)c3)c(=O)n2[C@H]1c1ccccc1. The average Bonchev–Trinajstić information content (AvgIpc) is 3.30. The summed E-state index contributed by atoms with van der Waals surface area (Å²) < 4.78 is 24.3. The third-order valence-electron chi connectivity index (χ3n) is 6.91. The van der Waals surface area contributed by atoms with Crippen molar-refractivity contribution in [3.8, 4) is 11.5 Å². The first-order valence-electron chi connectivity index (χ1n) is 13.9. The Morgan fingerprint density at radius 3 is 2.52 bits per heavy atom. The summed E-state index contributed by atoms with van der Waals surface area (Å²) in [7, 11) is 0. The van der Waals surface area contributed by atoms with Gasteiger partial charge in [-0.1, -0.05) is 47.7 Å². The van der Waals surface area contributed by atoms with Crippen LogP contribution in [0.3, 0.4) is 0 Å². The number of allylic oxidation sites excluding steroid dienone is 1. The molecule has 1 aromatic heterocycles. The number of carbonyl (C=O) groups is 2. The lowest BCUT2D eigenvalue weighted by molar-refractivity contribution is -0.139. The van der Waals surface area contributed by atoms with Gasteiger partial charge in [0.2, 0.25) is 0 Å². The first-order valence-corrected chi connectivity index (χ1v) is 14.7. The minimum absolute atomic E-state index is 0.111. The van der Waals surface area contributed by atoms with E-state index in [0.29, 0.717) is 70.6 Å². The van der Waals surface area contributed by atoms with Gasteiger partial charge in [-0.25, -0.2) is 9.79 Å². The van der Waals surface area contributed by atoms with Crippen molar-refractivity contribution in [2.24, 2.45) is 4.99 Å². The van der Waals surface area contributed by atoms with E-state index in [1.54, 1.807) is 47.6 Å². The molecule has 1 saturated heterocycles. The molecule has 2 aliphatic heterocycles. The van der Waals surface area contributed by atoms with Crippen LogP contribution in [0.25, 0.3) is 6.08 Å². The number of nitrogens with zero attached hydrogens (tertiary/aromatic N) is 3. The number of rotatable bonds is 9. The lowest BCUT2D eigenvalue weighted by Gasteiger charge is -2.26. The largest absolute Gasteiger partial charge is 0.490 e. The number of hydrogen-bond donors (Lipinski definition) is 0. The fourth-order valence-corrected chi connectivity index (χ4v) is 5.99. The molecule has 0 aliphatic carbocycles. The summed E-state index contributed by atoms with van der Waals surface area (Å²) in [6.45, 7) is 7.99. The molecule has 3 heterocycles. The first-order chi connectivity index (χ1) is 20.4. The zero-order valence-electron chi connectivity index (χ0n) is 23.8. The van der Waals surface area contributed by atoms with Gasteiger partial charge in [0.25, 0.3) is 11.5 Å². The standard InChI is InChI=1S/C31H33N3O7S/c1-4-39-24-17-21(11-12-23(24)41-19-26(35)33-13-15-38-16-14-33)18-25-29(36)34-28(22-9-7-6-8-10-22)27(30(37)40-5-2)20(3)32-31(34)42-25/h6-12,17-18,28H,4-5,13-16,19H2,1-3H3/b25-18+/t28-/m0/s1. The lowest BCUT2D eigenvalue weighted by atomic mass is 9.96. The maximum Gasteiger partial charge on any atom is 0.338 e. The summed E-state index contributed by atoms with van der Waals surface area (Å²) in [5, 5.41) is 0. The summed E-state index contributed by atoms with van der Waals surface area (Å²) in [5.41, 5.74) is 2.09. The monoisotopic (exact) mass is 591 g/mol. The molecule has 0 spiro atoms. The molecule has 11 heteroatoms. The molecule has 220 valence electrons. The number of esters is 1. The molecular formula is C31H33N3O7S. The summed E-state index contributed by atoms with van der Waals surface area (Å²) in [4.78, 5) is 46.2. The topological polar surface area (TPSA) is 109 Å². The Morgan fingerprint density at radius 1 is 1.05 bits per heavy atom. The number of morpholine rings is 1. The summed E-state index contributed by atoms with van der Waals surface area (Å²) in [6.07, 6.45) is 1.76. The summed E-state index contributed by atoms with van der Waals surface area (Å²) >= 11 is 1.25. The quantitative estimate of drug-likeness (QED) is 0.352. The number of benzene rings is 2. The van der Waals surface area contributed by atoms with Crippen LogP contribution >= 0.6 is 11.3 Å². The Kier molecular flexibility index (Phi) is 9.19. The Bertz CT molecular complexity index is 1670. The highest BCUT2D eigenvalue weighted by Gasteiger charge is 2.33. The van der Waals surface area contributed by atoms with Gasteiger partial charge in [0, 0.05) is 13.1 Å². The minimum atomic E-state index is -0.664. The second-order valence-corrected chi connectivity index (χ2v) is 10.6. The second-order valence-electron chi connectivity index (χ2n) is 9.63. The number of aromatic nitrogens is 1. The molecule has 1 amide bonds. The van der Waals surface area contributed by atoms with Crippen LogP contribution in [0.15, 0.2) is 69.6 Å². The van der Waals surface area contributed by atoms with E-state index in [4.69, 9.17) is 18.9 Å². The number of thiazole rings is 1. The van der Waals surface area contributed by atoms with Crippen LogP contribution in [-0.2, 0) is 19.1 Å². The highest BCUT2D eigenvalue weighted by atomic mass is 32.1. The summed E-state index contributed by atoms with van der Waals surface area (Å²) in [5.74, 6) is 0.301. The normalized spacial score (nSPS) is 17.0. The zero-order chi connectivity index (χ0) is 29.6. The Balaban J connectivity index is 1.49. The highest BCUT2D eigenvalue weighted by molar-refractivity contribution is 7.07. The Labute approximate surface area is 247 Å². The first kappa shape index (κ1) is 29.3. The van der Waals surface area contributed by atoms with Crippen LogP contribution < -0.4 is 24.4 Å². The van der Waals surface area contributed by atoms with Gasteiger partial charge in [0.15, 0.2) is 22.9 Å². The molecular weight excluding hydrogens is 558 g/mol. The van der Waals surface area contributed by atoms with Crippen molar-refractivity contribution in [2.45, 2.75) is 26.8 Å². The van der Waals surface area contributed by atoms with Crippen LogP contribution in [0.5, 0.6) is 11.5 Å². The van der Waals surface area contributed by atoms with Gasteiger partial charge in [-0.05, 0) is 50.1 Å². The number of hydrogen-bond acceptors (Lipinski definition) is 9. The number of amides is 1. The molecule has 0 N–H and O–H groups in total. The van der Waals surface area contributed by atoms with Gasteiger partial charge in [0.1, 0.15) is 0 Å². The number of fused-ring (bicyclic) bond motifs is 1. The van der Waals surface area contributed by atoms with Crippen molar-refractivity contribution in [2.75, 3.05) is 46.1 Å². The summed E-state index contributed by atoms with van der Waals surface area (Å²) in [6, 6.07) is 14.1. The van der Waals surface area contributed by atoms with Gasteiger partial charge < -0.3 is 23.8 Å². The van der Waals surface area contributed by atoms with Crippen LogP contribution in [-0.4, -0.2) is 67.5 Å². The fraction of sp³-hybridized carbons (Fsp3) is 0.355. The molecule has 0 bridgehead atoms. The number of ether oxygens (including phenoxy) is 4. The molecule has 1 atom stereocenters. The van der Waals surface area contributed by atoms with Crippen LogP contribution in [0.1, 0.15) is 37.9 Å². The van der Waals surface area contributed by atoms with Crippen LogP contribution in [0.4, 0.5) is 0 Å². The van der Waals surface area contributed by atoms with E-state index >= 15 is 0 Å². The van der Waals surface area contributed by atoms with Crippen molar-refractivity contribution >= 4 is 29.3 Å². The van der Waals surface area contributed by atoms with Crippen molar-refractivity contribution in [3.63, 3.8) is 0 Å². The molecule has 1 fully saturated rings. The van der Waals surface area contributed by atoms with Gasteiger partial charge in [-0.15, -0.1) is 0 Å². The van der Waals surface area contributed by atoms with E-state index in [0.717, 1.165) is 5.56 Å². The third kappa shape index (κ3) is 6.17. The highest BCUT2D eigenvalue weighted by Crippen LogP contribution is 2.31. The van der Waals surface area contributed by atoms with Crippen molar-refractivity contribution in [1.82, 2.24) is 9.47 Å². The minimum Gasteiger partial charge on any atom is -0.490 e. The smallest absolute Gasteiger partial charge is 0.338 e. The number of carbonyl (C=O) groups excluding carboxylic acids is 2. The molecule has 0 unspecified atom stereocenters. The fourth-order valence-electron chi connectivity index (χ4n) is 4.94. The molecule has 10 nitrogen and oxygen atoms in total. The zero-order valence-corrected chi connectivity index (χ0v) is 24.6. The average molecular weight is 592 g/mol. The van der Waals surface area contributed by atoms with E-state index in [2.05, 4.69) is 4.99 Å². The van der Waals surface area contributed by atoms with Crippen molar-refractivity contribution < 1.29 is 28.5 Å². The van der Waals surface area contributed by atoms with E-state index in [9.17, 15) is 14.4 Å². The van der Waals surface area contributed by atoms with E-state index in [1.807, 2.05) is 37.3 Å². The predicted molar refractivity (Wildman–Crippen MR) is 157 cm³/mol. The van der Waals surface area contributed by atoms with E-state index in [-0.39, 0.29) is 24.7 Å². The maximum absolute atomic E-state index is 13.8. The molecule has 3 aromatic rings. The predicted octanol–water partition coefficient (Wildman–Crippen LogP) is 2.43. The van der Waals surface area contributed by atoms with Crippen LogP contribution in [0.2, 0.25) is 0 Å². The van der Waals surface area contributed by atoms with Crippen molar-refractivity contribution in [1.29, 1.82) is 0 Å². The molecule has 2 aromatic carbocycles. The lowest BCUT2D eigenvalue weighted by Crippen LogP contribution is -2.43. The van der Waals surface area contributed by atoms with E-state index < -0.39 is 12.0 Å². The van der Waals surface area contributed by atoms with Gasteiger partial charge >= 0.3 is 5.97 Å². The Hall–Kier alpha value is -4.22. The van der Waals surface area contributed by atoms with Gasteiger partial charge in [0.05, 0.1) is 48.3 Å².